The van der Waals surface area contributed by atoms with Crippen LogP contribution in [0.4, 0.5) is 4.79 Å². The van der Waals surface area contributed by atoms with Gasteiger partial charge in [0, 0.05) is 38.9 Å². The standard InChI is InChI=1S/C16H32N2O4/c1-6-20-14(21-7-2)11-17-13-9-8-10-18(12-13)15(19)22-16(3,4)5/h13-14,17H,6-12H2,1-5H3/t13-/m0/s1. The highest BCUT2D eigenvalue weighted by atomic mass is 16.7. The molecule has 1 aliphatic heterocycles. The van der Waals surface area contributed by atoms with Crippen molar-refractivity contribution in [1.29, 1.82) is 0 Å². The lowest BCUT2D eigenvalue weighted by Crippen LogP contribution is -2.51. The largest absolute Gasteiger partial charge is 0.444 e. The average molecular weight is 316 g/mol. The maximum Gasteiger partial charge on any atom is 0.410 e. The van der Waals surface area contributed by atoms with Crippen molar-refractivity contribution in [1.82, 2.24) is 10.2 Å². The van der Waals surface area contributed by atoms with Gasteiger partial charge in [-0.3, -0.25) is 0 Å². The van der Waals surface area contributed by atoms with Gasteiger partial charge in [0.05, 0.1) is 0 Å². The Hall–Kier alpha value is -0.850. The van der Waals surface area contributed by atoms with Crippen LogP contribution in [0, 0.1) is 0 Å². The fourth-order valence-electron chi connectivity index (χ4n) is 2.44. The summed E-state index contributed by atoms with van der Waals surface area (Å²) in [5, 5.41) is 3.44. The minimum Gasteiger partial charge on any atom is -0.444 e. The fraction of sp³-hybridized carbons (Fsp3) is 0.938. The van der Waals surface area contributed by atoms with Crippen molar-refractivity contribution in [3.63, 3.8) is 0 Å². The van der Waals surface area contributed by atoms with Gasteiger partial charge in [-0.2, -0.15) is 0 Å². The van der Waals surface area contributed by atoms with Crippen LogP contribution in [-0.4, -0.2) is 61.8 Å². The molecule has 1 N–H and O–H groups in total. The van der Waals surface area contributed by atoms with Gasteiger partial charge in [0.1, 0.15) is 5.60 Å². The summed E-state index contributed by atoms with van der Waals surface area (Å²) in [6.07, 6.45) is 1.56. The molecule has 1 fully saturated rings. The molecule has 1 atom stereocenters. The van der Waals surface area contributed by atoms with Crippen LogP contribution in [0.15, 0.2) is 0 Å². The Morgan fingerprint density at radius 2 is 1.91 bits per heavy atom. The lowest BCUT2D eigenvalue weighted by molar-refractivity contribution is -0.134. The summed E-state index contributed by atoms with van der Waals surface area (Å²) in [6, 6.07) is 0.254. The zero-order valence-corrected chi connectivity index (χ0v) is 14.7. The summed E-state index contributed by atoms with van der Waals surface area (Å²) in [5.74, 6) is 0. The second-order valence-corrected chi connectivity index (χ2v) is 6.51. The van der Waals surface area contributed by atoms with Crippen molar-refractivity contribution in [2.75, 3.05) is 32.8 Å². The number of carbonyl (C=O) groups excluding carboxylic acids is 1. The van der Waals surface area contributed by atoms with E-state index in [4.69, 9.17) is 14.2 Å². The Labute approximate surface area is 134 Å². The molecule has 22 heavy (non-hydrogen) atoms. The number of likely N-dealkylation sites (tertiary alicyclic amines) is 1. The van der Waals surface area contributed by atoms with E-state index in [9.17, 15) is 4.79 Å². The van der Waals surface area contributed by atoms with E-state index >= 15 is 0 Å². The average Bonchev–Trinajstić information content (AvgIpc) is 2.44. The Kier molecular flexibility index (Phi) is 8.14. The third kappa shape index (κ3) is 7.42. The molecule has 0 aromatic heterocycles. The Bertz CT molecular complexity index is 325. The van der Waals surface area contributed by atoms with Crippen LogP contribution >= 0.6 is 0 Å². The number of amides is 1. The molecule has 130 valence electrons. The van der Waals surface area contributed by atoms with Gasteiger partial charge in [0.25, 0.3) is 0 Å². The number of hydrogen-bond donors (Lipinski definition) is 1. The highest BCUT2D eigenvalue weighted by molar-refractivity contribution is 5.68. The number of ether oxygens (including phenoxy) is 3. The molecular formula is C16H32N2O4. The summed E-state index contributed by atoms with van der Waals surface area (Å²) in [7, 11) is 0. The number of nitrogens with one attached hydrogen (secondary N) is 1. The molecule has 0 radical (unpaired) electrons. The van der Waals surface area contributed by atoms with E-state index in [1.54, 1.807) is 4.90 Å². The second-order valence-electron chi connectivity index (χ2n) is 6.51. The zero-order chi connectivity index (χ0) is 16.6. The first-order valence-electron chi connectivity index (χ1n) is 8.30. The number of carbonyl (C=O) groups is 1. The molecule has 0 aliphatic carbocycles. The topological polar surface area (TPSA) is 60.0 Å². The van der Waals surface area contributed by atoms with Crippen molar-refractivity contribution >= 4 is 6.09 Å². The van der Waals surface area contributed by atoms with Gasteiger partial charge < -0.3 is 24.4 Å². The number of rotatable bonds is 7. The zero-order valence-electron chi connectivity index (χ0n) is 14.7. The maximum absolute atomic E-state index is 12.1. The van der Waals surface area contributed by atoms with E-state index < -0.39 is 5.60 Å². The Morgan fingerprint density at radius 3 is 2.45 bits per heavy atom. The molecule has 0 aromatic rings. The summed E-state index contributed by atoms with van der Waals surface area (Å²) >= 11 is 0. The highest BCUT2D eigenvalue weighted by Crippen LogP contribution is 2.15. The van der Waals surface area contributed by atoms with Gasteiger partial charge in [-0.1, -0.05) is 0 Å². The van der Waals surface area contributed by atoms with E-state index in [2.05, 4.69) is 5.32 Å². The van der Waals surface area contributed by atoms with Crippen molar-refractivity contribution < 1.29 is 19.0 Å². The van der Waals surface area contributed by atoms with Gasteiger partial charge in [-0.05, 0) is 47.5 Å². The first kappa shape index (κ1) is 19.2. The molecule has 0 unspecified atom stereocenters. The van der Waals surface area contributed by atoms with Crippen LogP contribution in [0.25, 0.3) is 0 Å². The minimum absolute atomic E-state index is 0.230. The highest BCUT2D eigenvalue weighted by Gasteiger charge is 2.27. The van der Waals surface area contributed by atoms with Gasteiger partial charge >= 0.3 is 6.09 Å². The number of piperidine rings is 1. The summed E-state index contributed by atoms with van der Waals surface area (Å²) < 4.78 is 16.5. The van der Waals surface area contributed by atoms with E-state index in [0.717, 1.165) is 19.4 Å². The first-order valence-corrected chi connectivity index (χ1v) is 8.30. The predicted octanol–water partition coefficient (Wildman–Crippen LogP) is 2.37. The van der Waals surface area contributed by atoms with Crippen molar-refractivity contribution in [3.8, 4) is 0 Å². The smallest absolute Gasteiger partial charge is 0.410 e. The van der Waals surface area contributed by atoms with E-state index in [-0.39, 0.29) is 18.4 Å². The van der Waals surface area contributed by atoms with Gasteiger partial charge in [0.15, 0.2) is 6.29 Å². The normalized spacial score (nSPS) is 19.5. The maximum atomic E-state index is 12.1. The van der Waals surface area contributed by atoms with Gasteiger partial charge in [-0.15, -0.1) is 0 Å². The number of hydrogen-bond acceptors (Lipinski definition) is 5. The molecule has 1 rings (SSSR count). The van der Waals surface area contributed by atoms with Crippen LogP contribution in [0.2, 0.25) is 0 Å². The monoisotopic (exact) mass is 316 g/mol. The second kappa shape index (κ2) is 9.33. The molecule has 1 saturated heterocycles. The predicted molar refractivity (Wildman–Crippen MR) is 85.9 cm³/mol. The minimum atomic E-state index is -0.452. The van der Waals surface area contributed by atoms with Crippen molar-refractivity contribution in [2.24, 2.45) is 0 Å². The quantitative estimate of drug-likeness (QED) is 0.731. The summed E-state index contributed by atoms with van der Waals surface area (Å²) in [4.78, 5) is 13.9. The molecule has 0 saturated carbocycles. The molecule has 0 aromatic carbocycles. The lowest BCUT2D eigenvalue weighted by Gasteiger charge is -2.35. The van der Waals surface area contributed by atoms with Crippen molar-refractivity contribution in [2.45, 2.75) is 65.4 Å². The first-order chi connectivity index (χ1) is 10.4. The molecule has 1 heterocycles. The van der Waals surface area contributed by atoms with Crippen LogP contribution in [0.3, 0.4) is 0 Å². The molecule has 6 heteroatoms. The van der Waals surface area contributed by atoms with Crippen LogP contribution in [0.1, 0.15) is 47.5 Å². The third-order valence-corrected chi connectivity index (χ3v) is 3.35. The SMILES string of the molecule is CCOC(CN[C@H]1CCCN(C(=O)OC(C)(C)C)C1)OCC. The molecule has 0 bridgehead atoms. The summed E-state index contributed by atoms with van der Waals surface area (Å²) in [6.45, 7) is 12.9. The Morgan fingerprint density at radius 1 is 1.27 bits per heavy atom. The fourth-order valence-corrected chi connectivity index (χ4v) is 2.44. The third-order valence-electron chi connectivity index (χ3n) is 3.35. The Balaban J connectivity index is 2.40. The number of nitrogens with zero attached hydrogens (tertiary/aromatic N) is 1. The van der Waals surface area contributed by atoms with E-state index in [0.29, 0.717) is 26.3 Å². The molecule has 6 nitrogen and oxygen atoms in total. The molecule has 1 aliphatic rings. The van der Waals surface area contributed by atoms with Crippen LogP contribution < -0.4 is 5.32 Å². The molecule has 1 amide bonds. The van der Waals surface area contributed by atoms with Gasteiger partial charge in [0.2, 0.25) is 0 Å². The molecular weight excluding hydrogens is 284 g/mol. The van der Waals surface area contributed by atoms with Gasteiger partial charge in [-0.25, -0.2) is 4.79 Å². The van der Waals surface area contributed by atoms with E-state index in [1.807, 2.05) is 34.6 Å². The molecule has 0 spiro atoms. The van der Waals surface area contributed by atoms with Crippen LogP contribution in [-0.2, 0) is 14.2 Å². The lowest BCUT2D eigenvalue weighted by atomic mass is 10.1. The van der Waals surface area contributed by atoms with Crippen molar-refractivity contribution in [3.05, 3.63) is 0 Å². The van der Waals surface area contributed by atoms with E-state index in [1.165, 1.54) is 0 Å². The van der Waals surface area contributed by atoms with Crippen LogP contribution in [0.5, 0.6) is 0 Å². The summed E-state index contributed by atoms with van der Waals surface area (Å²) in [5.41, 5.74) is -0.452.